The van der Waals surface area contributed by atoms with E-state index in [0.29, 0.717) is 36.0 Å². The zero-order valence-electron chi connectivity index (χ0n) is 18.7. The molecule has 3 aromatic rings. The van der Waals surface area contributed by atoms with Crippen molar-refractivity contribution in [2.45, 2.75) is 27.7 Å². The highest BCUT2D eigenvalue weighted by molar-refractivity contribution is 6.04. The number of ether oxygens (including phenoxy) is 1. The molecule has 32 heavy (non-hydrogen) atoms. The molecule has 1 N–H and O–H groups in total. The molecular weight excluding hydrogens is 406 g/mol. The molecule has 7 heteroatoms. The highest BCUT2D eigenvalue weighted by atomic mass is 16.5. The minimum absolute atomic E-state index is 0.00238. The van der Waals surface area contributed by atoms with Crippen molar-refractivity contribution in [1.82, 2.24) is 5.16 Å². The van der Waals surface area contributed by atoms with Crippen molar-refractivity contribution in [3.05, 3.63) is 60.3 Å². The van der Waals surface area contributed by atoms with Gasteiger partial charge in [0.2, 0.25) is 5.91 Å². The van der Waals surface area contributed by atoms with Gasteiger partial charge in [-0.2, -0.15) is 0 Å². The number of carbonyl (C=O) groups excluding carboxylic acids is 2. The first-order chi connectivity index (χ1) is 15.2. The summed E-state index contributed by atoms with van der Waals surface area (Å²) in [5.41, 5.74) is 1.56. The Bertz CT molecular complexity index is 1140. The second-order valence-corrected chi connectivity index (χ2v) is 9.06. The van der Waals surface area contributed by atoms with Crippen LogP contribution in [-0.2, 0) is 4.79 Å². The number of anilines is 2. The van der Waals surface area contributed by atoms with Crippen LogP contribution in [0.2, 0.25) is 0 Å². The number of benzene rings is 2. The Morgan fingerprint density at radius 3 is 2.62 bits per heavy atom. The van der Waals surface area contributed by atoms with Gasteiger partial charge in [-0.25, -0.2) is 0 Å². The molecule has 1 aliphatic rings. The van der Waals surface area contributed by atoms with Gasteiger partial charge in [0, 0.05) is 23.9 Å². The quantitative estimate of drug-likeness (QED) is 0.612. The Hall–Kier alpha value is -3.61. The van der Waals surface area contributed by atoms with E-state index in [2.05, 4.69) is 24.3 Å². The molecule has 7 nitrogen and oxygen atoms in total. The van der Waals surface area contributed by atoms with E-state index >= 15 is 0 Å². The van der Waals surface area contributed by atoms with E-state index in [9.17, 15) is 9.59 Å². The monoisotopic (exact) mass is 433 g/mol. The number of fused-ring (bicyclic) bond motifs is 1. The Kier molecular flexibility index (Phi) is 5.74. The zero-order chi connectivity index (χ0) is 22.9. The van der Waals surface area contributed by atoms with Crippen LogP contribution < -0.4 is 15.0 Å². The fourth-order valence-electron chi connectivity index (χ4n) is 3.59. The molecule has 0 bridgehead atoms. The van der Waals surface area contributed by atoms with Gasteiger partial charge in [-0.15, -0.1) is 0 Å². The Balaban J connectivity index is 1.59. The molecule has 0 radical (unpaired) electrons. The van der Waals surface area contributed by atoms with Crippen LogP contribution in [0.5, 0.6) is 5.75 Å². The molecule has 0 spiro atoms. The maximum Gasteiger partial charge on any atom is 0.277 e. The van der Waals surface area contributed by atoms with Crippen molar-refractivity contribution >= 4 is 23.2 Å². The third-order valence-electron chi connectivity index (χ3n) is 5.27. The van der Waals surface area contributed by atoms with Crippen LogP contribution in [0.1, 0.15) is 38.2 Å². The second kappa shape index (κ2) is 8.49. The Morgan fingerprint density at radius 1 is 1.16 bits per heavy atom. The molecule has 0 aliphatic carbocycles. The molecule has 0 saturated carbocycles. The highest BCUT2D eigenvalue weighted by Crippen LogP contribution is 2.38. The van der Waals surface area contributed by atoms with E-state index in [-0.39, 0.29) is 17.5 Å². The van der Waals surface area contributed by atoms with Gasteiger partial charge in [0.1, 0.15) is 12.4 Å². The predicted molar refractivity (Wildman–Crippen MR) is 123 cm³/mol. The molecule has 0 saturated heterocycles. The van der Waals surface area contributed by atoms with Crippen molar-refractivity contribution < 1.29 is 18.8 Å². The number of aromatic nitrogens is 1. The van der Waals surface area contributed by atoms with E-state index in [1.807, 2.05) is 44.2 Å². The van der Waals surface area contributed by atoms with Gasteiger partial charge in [-0.3, -0.25) is 9.59 Å². The van der Waals surface area contributed by atoms with Crippen LogP contribution in [-0.4, -0.2) is 30.1 Å². The fraction of sp³-hybridized carbons (Fsp3) is 0.320. The molecule has 4 rings (SSSR count). The predicted octanol–water partition coefficient (Wildman–Crippen LogP) is 5.00. The fourth-order valence-corrected chi connectivity index (χ4v) is 3.59. The third kappa shape index (κ3) is 4.37. The zero-order valence-corrected chi connectivity index (χ0v) is 18.7. The van der Waals surface area contributed by atoms with Crippen LogP contribution >= 0.6 is 0 Å². The summed E-state index contributed by atoms with van der Waals surface area (Å²) in [5.74, 6) is 1.01. The summed E-state index contributed by atoms with van der Waals surface area (Å²) in [6.45, 7) is 8.73. The minimum Gasteiger partial charge on any atom is -0.490 e. The molecular formula is C25H27N3O4. The van der Waals surface area contributed by atoms with Crippen molar-refractivity contribution in [3.8, 4) is 17.1 Å². The number of hydrogen-bond acceptors (Lipinski definition) is 5. The Morgan fingerprint density at radius 2 is 1.91 bits per heavy atom. The molecule has 0 unspecified atom stereocenters. The first-order valence-corrected chi connectivity index (χ1v) is 10.7. The molecule has 166 valence electrons. The summed E-state index contributed by atoms with van der Waals surface area (Å²) in [6, 6.07) is 16.4. The largest absolute Gasteiger partial charge is 0.490 e. The highest BCUT2D eigenvalue weighted by Gasteiger charge is 2.38. The van der Waals surface area contributed by atoms with Gasteiger partial charge in [-0.1, -0.05) is 49.3 Å². The first kappa shape index (κ1) is 21.6. The van der Waals surface area contributed by atoms with Crippen molar-refractivity contribution in [1.29, 1.82) is 0 Å². The average molecular weight is 434 g/mol. The normalized spacial score (nSPS) is 15.2. The van der Waals surface area contributed by atoms with Crippen LogP contribution in [0.4, 0.5) is 11.4 Å². The lowest BCUT2D eigenvalue weighted by Gasteiger charge is -2.29. The summed E-state index contributed by atoms with van der Waals surface area (Å²) < 4.78 is 11.3. The topological polar surface area (TPSA) is 84.7 Å². The maximum atomic E-state index is 13.2. The summed E-state index contributed by atoms with van der Waals surface area (Å²) in [6.07, 6.45) is 0. The van der Waals surface area contributed by atoms with Crippen LogP contribution in [0.25, 0.3) is 11.3 Å². The van der Waals surface area contributed by atoms with Crippen LogP contribution in [0.15, 0.2) is 59.1 Å². The van der Waals surface area contributed by atoms with E-state index in [0.717, 1.165) is 5.56 Å². The van der Waals surface area contributed by atoms with Gasteiger partial charge >= 0.3 is 0 Å². The third-order valence-corrected chi connectivity index (χ3v) is 5.27. The molecule has 1 aromatic heterocycles. The number of amides is 2. The van der Waals surface area contributed by atoms with Gasteiger partial charge in [-0.05, 0) is 38.0 Å². The number of nitrogens with zero attached hydrogens (tertiary/aromatic N) is 2. The van der Waals surface area contributed by atoms with Gasteiger partial charge < -0.3 is 19.5 Å². The molecule has 1 aliphatic heterocycles. The summed E-state index contributed by atoms with van der Waals surface area (Å²) >= 11 is 0. The lowest BCUT2D eigenvalue weighted by molar-refractivity contribution is -0.127. The molecule has 0 atom stereocenters. The lowest BCUT2D eigenvalue weighted by Crippen LogP contribution is -2.43. The van der Waals surface area contributed by atoms with E-state index in [4.69, 9.17) is 9.26 Å². The van der Waals surface area contributed by atoms with E-state index in [1.165, 1.54) is 0 Å². The molecule has 2 amide bonds. The standard InChI is InChI=1S/C25H27N3O4/c1-16(2)14-28-20-12-18(10-11-21(20)31-15-25(3,4)24(28)30)26-23(29)19-13-22(32-27-19)17-8-6-5-7-9-17/h5-13,16H,14-15H2,1-4H3,(H,26,29). The van der Waals surface area contributed by atoms with Crippen molar-refractivity contribution in [2.75, 3.05) is 23.4 Å². The number of rotatable bonds is 5. The van der Waals surface area contributed by atoms with Crippen LogP contribution in [0, 0.1) is 11.3 Å². The summed E-state index contributed by atoms with van der Waals surface area (Å²) in [7, 11) is 0. The number of carbonyl (C=O) groups is 2. The van der Waals surface area contributed by atoms with Crippen molar-refractivity contribution in [3.63, 3.8) is 0 Å². The minimum atomic E-state index is -0.647. The maximum absolute atomic E-state index is 13.2. The summed E-state index contributed by atoms with van der Waals surface area (Å²) in [4.78, 5) is 27.7. The Labute approximate surface area is 187 Å². The van der Waals surface area contributed by atoms with E-state index < -0.39 is 11.3 Å². The van der Waals surface area contributed by atoms with Gasteiger partial charge in [0.15, 0.2) is 11.5 Å². The molecule has 0 fully saturated rings. The molecule has 2 heterocycles. The van der Waals surface area contributed by atoms with Gasteiger partial charge in [0.25, 0.3) is 5.91 Å². The molecule has 2 aromatic carbocycles. The smallest absolute Gasteiger partial charge is 0.277 e. The van der Waals surface area contributed by atoms with Crippen molar-refractivity contribution in [2.24, 2.45) is 11.3 Å². The average Bonchev–Trinajstić information content (AvgIpc) is 3.24. The summed E-state index contributed by atoms with van der Waals surface area (Å²) in [5, 5.41) is 6.75. The SMILES string of the molecule is CC(C)CN1C(=O)C(C)(C)COc2ccc(NC(=O)c3cc(-c4ccccc4)on3)cc21. The van der Waals surface area contributed by atoms with Crippen LogP contribution in [0.3, 0.4) is 0 Å². The number of hydrogen-bond donors (Lipinski definition) is 1. The second-order valence-electron chi connectivity index (χ2n) is 9.06. The first-order valence-electron chi connectivity index (χ1n) is 10.7. The van der Waals surface area contributed by atoms with Gasteiger partial charge in [0.05, 0.1) is 11.1 Å². The van der Waals surface area contributed by atoms with E-state index in [1.54, 1.807) is 29.2 Å². The number of nitrogens with one attached hydrogen (secondary N) is 1. The lowest BCUT2D eigenvalue weighted by atomic mass is 9.92.